The van der Waals surface area contributed by atoms with Crippen molar-refractivity contribution in [1.29, 1.82) is 0 Å². The summed E-state index contributed by atoms with van der Waals surface area (Å²) in [6, 6.07) is 0. The van der Waals surface area contributed by atoms with Crippen LogP contribution in [0, 0.1) is 5.92 Å². The predicted octanol–water partition coefficient (Wildman–Crippen LogP) is 1.65. The first-order chi connectivity index (χ1) is 6.17. The van der Waals surface area contributed by atoms with E-state index in [4.69, 9.17) is 4.74 Å². The number of carbonyl (C=O) groups is 1. The molecule has 0 aliphatic rings. The summed E-state index contributed by atoms with van der Waals surface area (Å²) in [6.07, 6.45) is 1.51. The van der Waals surface area contributed by atoms with Gasteiger partial charge in [-0.05, 0) is 18.6 Å². The highest BCUT2D eigenvalue weighted by atomic mass is 32.1. The van der Waals surface area contributed by atoms with Gasteiger partial charge in [0.25, 0.3) is 0 Å². The second-order valence-electron chi connectivity index (χ2n) is 2.61. The Morgan fingerprint density at radius 1 is 1.46 bits per heavy atom. The molecule has 1 unspecified atom stereocenters. The quantitative estimate of drug-likeness (QED) is 0.406. The first-order valence-corrected chi connectivity index (χ1v) is 4.72. The number of esters is 1. The van der Waals surface area contributed by atoms with Crippen molar-refractivity contribution in [2.75, 3.05) is 20.0 Å². The fraction of sp³-hybridized carbons (Fsp3) is 0.667. The lowest BCUT2D eigenvalue weighted by atomic mass is 10.0. The molecule has 0 aliphatic heterocycles. The summed E-state index contributed by atoms with van der Waals surface area (Å²) in [4.78, 5) is 11.2. The molecule has 0 rings (SSSR count). The van der Waals surface area contributed by atoms with Gasteiger partial charge in [0.1, 0.15) is 11.7 Å². The van der Waals surface area contributed by atoms with Crippen molar-refractivity contribution in [3.63, 3.8) is 0 Å². The zero-order valence-corrected chi connectivity index (χ0v) is 8.97. The summed E-state index contributed by atoms with van der Waals surface area (Å²) < 4.78 is 9.54. The molecule has 0 spiro atoms. The number of thiol groups is 1. The number of ether oxygens (including phenoxy) is 2. The molecule has 0 heterocycles. The molecule has 3 nitrogen and oxygen atoms in total. The lowest BCUT2D eigenvalue weighted by Crippen LogP contribution is -2.19. The van der Waals surface area contributed by atoms with Crippen LogP contribution in [0.4, 0.5) is 0 Å². The van der Waals surface area contributed by atoms with Crippen LogP contribution in [0.3, 0.4) is 0 Å². The van der Waals surface area contributed by atoms with Crippen molar-refractivity contribution in [3.8, 4) is 0 Å². The highest BCUT2D eigenvalue weighted by Crippen LogP contribution is 2.18. The summed E-state index contributed by atoms with van der Waals surface area (Å²) in [5, 5.41) is 0. The SMILES string of the molecule is C=C(OC)C(CCCS)C(=O)OC. The number of rotatable bonds is 6. The van der Waals surface area contributed by atoms with E-state index >= 15 is 0 Å². The lowest BCUT2D eigenvalue weighted by Gasteiger charge is -2.15. The molecule has 1 atom stereocenters. The van der Waals surface area contributed by atoms with E-state index in [0.717, 1.165) is 12.2 Å². The number of hydrogen-bond donors (Lipinski definition) is 1. The maximum absolute atomic E-state index is 11.2. The van der Waals surface area contributed by atoms with Crippen LogP contribution < -0.4 is 0 Å². The highest BCUT2D eigenvalue weighted by Gasteiger charge is 2.22. The Kier molecular flexibility index (Phi) is 6.49. The van der Waals surface area contributed by atoms with Crippen molar-refractivity contribution in [3.05, 3.63) is 12.3 Å². The first kappa shape index (κ1) is 12.4. The molecule has 0 fully saturated rings. The van der Waals surface area contributed by atoms with Gasteiger partial charge in [-0.1, -0.05) is 6.58 Å². The van der Waals surface area contributed by atoms with E-state index in [1.54, 1.807) is 0 Å². The van der Waals surface area contributed by atoms with E-state index in [2.05, 4.69) is 23.9 Å². The van der Waals surface area contributed by atoms with Gasteiger partial charge in [0.05, 0.1) is 14.2 Å². The average Bonchev–Trinajstić information content (AvgIpc) is 2.17. The number of methoxy groups -OCH3 is 2. The third-order valence-electron chi connectivity index (χ3n) is 1.79. The topological polar surface area (TPSA) is 35.5 Å². The zero-order chi connectivity index (χ0) is 10.3. The van der Waals surface area contributed by atoms with Crippen molar-refractivity contribution in [2.45, 2.75) is 12.8 Å². The Hall–Kier alpha value is -0.640. The number of carbonyl (C=O) groups excluding carboxylic acids is 1. The van der Waals surface area contributed by atoms with Gasteiger partial charge in [-0.25, -0.2) is 0 Å². The lowest BCUT2D eigenvalue weighted by molar-refractivity contribution is -0.145. The minimum Gasteiger partial charge on any atom is -0.501 e. The zero-order valence-electron chi connectivity index (χ0n) is 8.08. The normalized spacial score (nSPS) is 11.9. The smallest absolute Gasteiger partial charge is 0.316 e. The van der Waals surface area contributed by atoms with Gasteiger partial charge in [-0.2, -0.15) is 12.6 Å². The summed E-state index contributed by atoms with van der Waals surface area (Å²) >= 11 is 4.07. The van der Waals surface area contributed by atoms with Crippen LogP contribution in [0.5, 0.6) is 0 Å². The third-order valence-corrected chi connectivity index (χ3v) is 2.10. The van der Waals surface area contributed by atoms with Gasteiger partial charge in [-0.3, -0.25) is 4.79 Å². The average molecular weight is 204 g/mol. The molecule has 4 heteroatoms. The van der Waals surface area contributed by atoms with Crippen LogP contribution >= 0.6 is 12.6 Å². The molecule has 13 heavy (non-hydrogen) atoms. The molecule has 0 aromatic carbocycles. The van der Waals surface area contributed by atoms with Crippen LogP contribution in [-0.4, -0.2) is 25.9 Å². The third kappa shape index (κ3) is 4.22. The molecule has 0 aromatic heterocycles. The molecule has 0 aromatic rings. The van der Waals surface area contributed by atoms with Crippen molar-refractivity contribution >= 4 is 18.6 Å². The fourth-order valence-electron chi connectivity index (χ4n) is 0.990. The summed E-state index contributed by atoms with van der Waals surface area (Å²) in [7, 11) is 2.86. The van der Waals surface area contributed by atoms with E-state index < -0.39 is 0 Å². The summed E-state index contributed by atoms with van der Waals surface area (Å²) in [5.74, 6) is 0.536. The minimum atomic E-state index is -0.359. The Morgan fingerprint density at radius 2 is 2.08 bits per heavy atom. The first-order valence-electron chi connectivity index (χ1n) is 4.08. The van der Waals surface area contributed by atoms with Gasteiger partial charge >= 0.3 is 5.97 Å². The van der Waals surface area contributed by atoms with Crippen LogP contribution in [0.15, 0.2) is 12.3 Å². The highest BCUT2D eigenvalue weighted by molar-refractivity contribution is 7.80. The molecular formula is C9H16O3S. The summed E-state index contributed by atoms with van der Waals surface area (Å²) in [5.41, 5.74) is 0. The fourth-order valence-corrected chi connectivity index (χ4v) is 1.17. The second-order valence-corrected chi connectivity index (χ2v) is 3.06. The van der Waals surface area contributed by atoms with E-state index in [-0.39, 0.29) is 11.9 Å². The Bertz CT molecular complexity index is 164. The van der Waals surface area contributed by atoms with Crippen LogP contribution in [0.1, 0.15) is 12.8 Å². The van der Waals surface area contributed by atoms with Gasteiger partial charge in [0.15, 0.2) is 0 Å². The van der Waals surface area contributed by atoms with Crippen molar-refractivity contribution in [1.82, 2.24) is 0 Å². The van der Waals surface area contributed by atoms with Crippen LogP contribution in [0.25, 0.3) is 0 Å². The van der Waals surface area contributed by atoms with E-state index in [1.165, 1.54) is 14.2 Å². The molecule has 0 saturated heterocycles. The minimum absolute atomic E-state index is 0.298. The van der Waals surface area contributed by atoms with Gasteiger partial charge in [0, 0.05) is 0 Å². The predicted molar refractivity (Wildman–Crippen MR) is 54.7 cm³/mol. The van der Waals surface area contributed by atoms with Gasteiger partial charge in [-0.15, -0.1) is 0 Å². The maximum atomic E-state index is 11.2. The van der Waals surface area contributed by atoms with Crippen LogP contribution in [-0.2, 0) is 14.3 Å². The van der Waals surface area contributed by atoms with Gasteiger partial charge < -0.3 is 9.47 Å². The molecular weight excluding hydrogens is 188 g/mol. The second kappa shape index (κ2) is 6.83. The monoisotopic (exact) mass is 204 g/mol. The Balaban J connectivity index is 4.18. The molecule has 0 N–H and O–H groups in total. The van der Waals surface area contributed by atoms with Crippen LogP contribution in [0.2, 0.25) is 0 Å². The molecule has 0 saturated carbocycles. The van der Waals surface area contributed by atoms with Crippen molar-refractivity contribution in [2.24, 2.45) is 5.92 Å². The molecule has 0 amide bonds. The Morgan fingerprint density at radius 3 is 2.46 bits per heavy atom. The van der Waals surface area contributed by atoms with E-state index in [1.807, 2.05) is 0 Å². The van der Waals surface area contributed by atoms with E-state index in [9.17, 15) is 4.79 Å². The Labute approximate surface area is 84.5 Å². The van der Waals surface area contributed by atoms with E-state index in [0.29, 0.717) is 12.2 Å². The molecule has 0 aliphatic carbocycles. The standard InChI is InChI=1S/C9H16O3S/c1-7(11-2)8(5-4-6-13)9(10)12-3/h8,13H,1,4-6H2,2-3H3. The largest absolute Gasteiger partial charge is 0.501 e. The number of hydrogen-bond acceptors (Lipinski definition) is 4. The van der Waals surface area contributed by atoms with Gasteiger partial charge in [0.2, 0.25) is 0 Å². The molecule has 76 valence electrons. The summed E-state index contributed by atoms with van der Waals surface area (Å²) in [6.45, 7) is 3.65. The van der Waals surface area contributed by atoms with Crippen molar-refractivity contribution < 1.29 is 14.3 Å². The molecule has 0 radical (unpaired) electrons. The molecule has 0 bridgehead atoms. The maximum Gasteiger partial charge on any atom is 0.316 e.